The topological polar surface area (TPSA) is 65.0 Å². The van der Waals surface area contributed by atoms with Crippen LogP contribution in [0.5, 0.6) is 0 Å². The summed E-state index contributed by atoms with van der Waals surface area (Å²) < 4.78 is 17.8. The van der Waals surface area contributed by atoms with Gasteiger partial charge in [0.1, 0.15) is 5.01 Å². The van der Waals surface area contributed by atoms with Crippen molar-refractivity contribution < 1.29 is 24.1 Å². The number of alkyl halides is 1. The molecule has 1 N–H and O–H groups in total. The molecule has 2 aromatic rings. The molecule has 0 aromatic heterocycles. The molecule has 0 heterocycles. The Bertz CT molecular complexity index is 738. The van der Waals surface area contributed by atoms with Crippen molar-refractivity contribution in [2.45, 2.75) is 51.2 Å². The molecule has 30 heavy (non-hydrogen) atoms. The Morgan fingerprint density at radius 3 is 1.80 bits per heavy atom. The number of esters is 1. The van der Waals surface area contributed by atoms with E-state index in [0.29, 0.717) is 13.2 Å². The van der Waals surface area contributed by atoms with Gasteiger partial charge in [-0.1, -0.05) is 90.4 Å². The molecule has 5 nitrogen and oxygen atoms in total. The van der Waals surface area contributed by atoms with Crippen LogP contribution in [0.15, 0.2) is 60.7 Å². The van der Waals surface area contributed by atoms with Crippen molar-refractivity contribution >= 4 is 21.9 Å². The van der Waals surface area contributed by atoms with Gasteiger partial charge in [0.2, 0.25) is 0 Å². The summed E-state index contributed by atoms with van der Waals surface area (Å²) in [5, 5.41) is 9.46. The van der Waals surface area contributed by atoms with Crippen molar-refractivity contribution in [3.8, 4) is 0 Å². The maximum atomic E-state index is 11.3. The number of carbonyl (C=O) groups is 1. The maximum Gasteiger partial charge on any atom is 0.302 e. The predicted octanol–water partition coefficient (Wildman–Crippen LogP) is 4.71. The lowest BCUT2D eigenvalue weighted by Gasteiger charge is -2.36. The number of benzene rings is 2. The van der Waals surface area contributed by atoms with Gasteiger partial charge < -0.3 is 19.3 Å². The summed E-state index contributed by atoms with van der Waals surface area (Å²) in [5.41, 5.74) is 2.07. The summed E-state index contributed by atoms with van der Waals surface area (Å²) >= 11 is 3.28. The van der Waals surface area contributed by atoms with Crippen molar-refractivity contribution in [1.82, 2.24) is 0 Å². The number of rotatable bonds is 12. The van der Waals surface area contributed by atoms with E-state index < -0.39 is 17.2 Å². The minimum atomic E-state index is -0.762. The van der Waals surface area contributed by atoms with E-state index in [4.69, 9.17) is 14.2 Å². The van der Waals surface area contributed by atoms with Gasteiger partial charge in [0, 0.05) is 18.8 Å². The molecule has 0 spiro atoms. The van der Waals surface area contributed by atoms with Gasteiger partial charge in [-0.05, 0) is 11.1 Å². The van der Waals surface area contributed by atoms with E-state index in [2.05, 4.69) is 15.9 Å². The molecule has 0 aliphatic rings. The van der Waals surface area contributed by atoms with E-state index in [1.54, 1.807) is 0 Å². The van der Waals surface area contributed by atoms with E-state index >= 15 is 0 Å². The Morgan fingerprint density at radius 2 is 1.37 bits per heavy atom. The number of ether oxygens (including phenoxy) is 3. The summed E-state index contributed by atoms with van der Waals surface area (Å²) in [4.78, 5) is 11.3. The van der Waals surface area contributed by atoms with E-state index in [9.17, 15) is 9.90 Å². The summed E-state index contributed by atoms with van der Waals surface area (Å²) in [5.74, 6) is -0.722. The Balaban J connectivity index is 2.20. The Morgan fingerprint density at radius 1 is 0.900 bits per heavy atom. The number of hydrogen-bond donors (Lipinski definition) is 1. The van der Waals surface area contributed by atoms with Gasteiger partial charge in [-0.2, -0.15) is 0 Å². The zero-order valence-electron chi connectivity index (χ0n) is 17.7. The third kappa shape index (κ3) is 8.19. The van der Waals surface area contributed by atoms with Crippen molar-refractivity contribution in [2.24, 2.45) is 11.8 Å². The number of aliphatic hydroxyl groups excluding tert-OH is 1. The Labute approximate surface area is 187 Å². The van der Waals surface area contributed by atoms with Gasteiger partial charge in [0.15, 0.2) is 0 Å². The fraction of sp³-hybridized carbons (Fsp3) is 0.458. The molecule has 0 radical (unpaired) electrons. The molecule has 0 saturated heterocycles. The molecular formula is C24H31BrO5. The molecule has 164 valence electrons. The summed E-state index contributed by atoms with van der Waals surface area (Å²) in [6, 6.07) is 19.7. The average molecular weight is 479 g/mol. The van der Waals surface area contributed by atoms with Crippen LogP contribution in [0.2, 0.25) is 0 Å². The van der Waals surface area contributed by atoms with Crippen LogP contribution in [-0.4, -0.2) is 34.9 Å². The normalized spacial score (nSPS) is 16.3. The quantitative estimate of drug-likeness (QED) is 0.353. The molecule has 0 saturated carbocycles. The second-order valence-corrected chi connectivity index (χ2v) is 8.47. The highest BCUT2D eigenvalue weighted by Crippen LogP contribution is 2.28. The second kappa shape index (κ2) is 12.8. The molecule has 0 aliphatic carbocycles. The van der Waals surface area contributed by atoms with Crippen molar-refractivity contribution in [3.05, 3.63) is 71.8 Å². The first kappa shape index (κ1) is 24.5. The van der Waals surface area contributed by atoms with Crippen LogP contribution in [0.3, 0.4) is 0 Å². The summed E-state index contributed by atoms with van der Waals surface area (Å²) in [6.07, 6.45) is -0.815. The van der Waals surface area contributed by atoms with Crippen LogP contribution in [0, 0.1) is 11.8 Å². The lowest BCUT2D eigenvalue weighted by atomic mass is 9.91. The first-order valence-electron chi connectivity index (χ1n) is 10.1. The molecule has 0 bridgehead atoms. The highest BCUT2D eigenvalue weighted by molar-refractivity contribution is 9.09. The number of aliphatic hydroxyl groups is 1. The number of halogens is 1. The van der Waals surface area contributed by atoms with E-state index in [1.807, 2.05) is 74.5 Å². The molecule has 5 atom stereocenters. The van der Waals surface area contributed by atoms with Crippen molar-refractivity contribution in [2.75, 3.05) is 6.61 Å². The Hall–Kier alpha value is -1.73. The lowest BCUT2D eigenvalue weighted by molar-refractivity contribution is -0.155. The lowest BCUT2D eigenvalue weighted by Crippen LogP contribution is -2.45. The highest BCUT2D eigenvalue weighted by Gasteiger charge is 2.36. The highest BCUT2D eigenvalue weighted by atomic mass is 79.9. The van der Waals surface area contributed by atoms with Crippen LogP contribution >= 0.6 is 15.9 Å². The summed E-state index contributed by atoms with van der Waals surface area (Å²) in [7, 11) is 0. The third-order valence-electron chi connectivity index (χ3n) is 4.96. The molecule has 2 aromatic carbocycles. The Kier molecular flexibility index (Phi) is 10.5. The second-order valence-electron chi connectivity index (χ2n) is 7.53. The third-order valence-corrected chi connectivity index (χ3v) is 5.79. The van der Waals surface area contributed by atoms with E-state index in [1.165, 1.54) is 6.92 Å². The number of carbonyl (C=O) groups excluding carboxylic acids is 1. The minimum Gasteiger partial charge on any atom is -0.465 e. The van der Waals surface area contributed by atoms with Crippen molar-refractivity contribution in [3.63, 3.8) is 0 Å². The van der Waals surface area contributed by atoms with Crippen LogP contribution in [0.4, 0.5) is 0 Å². The largest absolute Gasteiger partial charge is 0.465 e. The maximum absolute atomic E-state index is 11.3. The van der Waals surface area contributed by atoms with Gasteiger partial charge in [-0.25, -0.2) is 0 Å². The minimum absolute atomic E-state index is 0.132. The molecule has 0 amide bonds. The fourth-order valence-corrected chi connectivity index (χ4v) is 3.46. The van der Waals surface area contributed by atoms with Crippen LogP contribution in [0.1, 0.15) is 31.9 Å². The van der Waals surface area contributed by atoms with E-state index in [-0.39, 0.29) is 24.4 Å². The average Bonchev–Trinajstić information content (AvgIpc) is 2.75. The van der Waals surface area contributed by atoms with Gasteiger partial charge in [0.05, 0.1) is 32.0 Å². The van der Waals surface area contributed by atoms with Gasteiger partial charge in [-0.15, -0.1) is 0 Å². The summed E-state index contributed by atoms with van der Waals surface area (Å²) in [6.45, 7) is 6.26. The van der Waals surface area contributed by atoms with Crippen LogP contribution < -0.4 is 0 Å². The molecule has 5 unspecified atom stereocenters. The van der Waals surface area contributed by atoms with Gasteiger partial charge in [0.25, 0.3) is 0 Å². The zero-order valence-corrected chi connectivity index (χ0v) is 19.3. The zero-order chi connectivity index (χ0) is 21.9. The predicted molar refractivity (Wildman–Crippen MR) is 120 cm³/mol. The van der Waals surface area contributed by atoms with Crippen molar-refractivity contribution in [1.29, 1.82) is 0 Å². The SMILES string of the molecule is CC(=O)OCC(C)C(OCc1ccccc1)C(OCc1ccccc1)C(C)C(O)Br. The number of hydrogen-bond acceptors (Lipinski definition) is 5. The van der Waals surface area contributed by atoms with Crippen LogP contribution in [0.25, 0.3) is 0 Å². The first-order valence-corrected chi connectivity index (χ1v) is 11.1. The smallest absolute Gasteiger partial charge is 0.302 e. The standard InChI is InChI=1S/C24H31BrO5/c1-17(14-28-19(3)26)22(29-15-20-10-6-4-7-11-20)23(18(2)24(25)27)30-16-21-12-8-5-9-13-21/h4-13,17-18,22-24,27H,14-16H2,1-3H3. The van der Waals surface area contributed by atoms with Crippen LogP contribution in [-0.2, 0) is 32.2 Å². The molecule has 0 aliphatic heterocycles. The van der Waals surface area contributed by atoms with E-state index in [0.717, 1.165) is 11.1 Å². The molecular weight excluding hydrogens is 448 g/mol. The fourth-order valence-electron chi connectivity index (χ4n) is 3.16. The molecule has 2 rings (SSSR count). The monoisotopic (exact) mass is 478 g/mol. The van der Waals surface area contributed by atoms with Gasteiger partial charge >= 0.3 is 5.97 Å². The molecule has 0 fully saturated rings. The van der Waals surface area contributed by atoms with Gasteiger partial charge in [-0.3, -0.25) is 4.79 Å². The first-order chi connectivity index (χ1) is 14.4. The molecule has 6 heteroatoms.